The SMILES string of the molecule is [B]C([B])([B])NC(=O)c1nnc(NC(=O)OC)cc1Nc1cccc(-c2ncc(C(=O)N3CCC(N4CCN(CCO)CC4)CC3)s2)c1OC. The Morgan fingerprint density at radius 2 is 1.78 bits per heavy atom. The number of β-amino-alcohol motifs (C(OH)–C–C–N with tert-alkyl or cyclic N) is 1. The first-order valence-corrected chi connectivity index (χ1v) is 16.5. The lowest BCUT2D eigenvalue weighted by Gasteiger charge is -2.42. The number of hydrogen-bond donors (Lipinski definition) is 4. The maximum absolute atomic E-state index is 13.5. The number of aliphatic hydroxyl groups is 1. The summed E-state index contributed by atoms with van der Waals surface area (Å²) < 4.78 is 10.4. The van der Waals surface area contributed by atoms with Crippen LogP contribution >= 0.6 is 11.3 Å². The minimum Gasteiger partial charge on any atom is -0.494 e. The number of aliphatic hydroxyl groups excluding tert-OH is 1. The first-order valence-electron chi connectivity index (χ1n) is 15.7. The van der Waals surface area contributed by atoms with Crippen LogP contribution in [0, 0.1) is 0 Å². The van der Waals surface area contributed by atoms with Gasteiger partial charge in [0.15, 0.2) is 17.3 Å². The van der Waals surface area contributed by atoms with Crippen molar-refractivity contribution in [2.45, 2.75) is 24.1 Å². The van der Waals surface area contributed by atoms with E-state index in [1.807, 2.05) is 4.90 Å². The fourth-order valence-electron chi connectivity index (χ4n) is 5.88. The van der Waals surface area contributed by atoms with Crippen LogP contribution in [0.4, 0.5) is 22.0 Å². The number of carbonyl (C=O) groups is 3. The van der Waals surface area contributed by atoms with E-state index in [-0.39, 0.29) is 29.7 Å². The van der Waals surface area contributed by atoms with Crippen LogP contribution in [0.1, 0.15) is 33.0 Å². The Kier molecular flexibility index (Phi) is 11.8. The number of benzene rings is 1. The lowest BCUT2D eigenvalue weighted by Crippen LogP contribution is -2.54. The maximum atomic E-state index is 13.5. The van der Waals surface area contributed by atoms with Crippen LogP contribution in [0.2, 0.25) is 0 Å². The molecule has 1 aromatic carbocycles. The number of nitrogens with zero attached hydrogens (tertiary/aromatic N) is 6. The largest absolute Gasteiger partial charge is 0.494 e. The van der Waals surface area contributed by atoms with E-state index in [0.29, 0.717) is 52.6 Å². The summed E-state index contributed by atoms with van der Waals surface area (Å²) in [6.07, 6.45) is 2.59. The highest BCUT2D eigenvalue weighted by atomic mass is 32.1. The topological polar surface area (TPSA) is 174 Å². The second-order valence-corrected chi connectivity index (χ2v) is 12.7. The number of para-hydroxylation sites is 1. The maximum Gasteiger partial charge on any atom is 0.412 e. The van der Waals surface area contributed by atoms with E-state index in [9.17, 15) is 19.5 Å². The minimum atomic E-state index is -2.04. The van der Waals surface area contributed by atoms with Crippen LogP contribution in [0.25, 0.3) is 10.6 Å². The lowest BCUT2D eigenvalue weighted by molar-refractivity contribution is 0.0453. The van der Waals surface area contributed by atoms with Crippen molar-refractivity contribution in [2.75, 3.05) is 77.3 Å². The molecule has 6 radical (unpaired) electrons. The molecule has 15 nitrogen and oxygen atoms in total. The number of hydrogen-bond acceptors (Lipinski definition) is 13. The third-order valence-corrected chi connectivity index (χ3v) is 9.30. The van der Waals surface area contributed by atoms with E-state index < -0.39 is 17.2 Å². The van der Waals surface area contributed by atoms with Crippen molar-refractivity contribution in [1.82, 2.24) is 35.2 Å². The Balaban J connectivity index is 1.31. The zero-order chi connectivity index (χ0) is 35.1. The zero-order valence-corrected chi connectivity index (χ0v) is 28.2. The number of ether oxygens (including phenoxy) is 2. The van der Waals surface area contributed by atoms with Crippen molar-refractivity contribution in [1.29, 1.82) is 0 Å². The van der Waals surface area contributed by atoms with Gasteiger partial charge in [-0.2, -0.15) is 0 Å². The molecule has 0 bridgehead atoms. The molecule has 2 saturated heterocycles. The summed E-state index contributed by atoms with van der Waals surface area (Å²) >= 11 is 1.26. The van der Waals surface area contributed by atoms with Gasteiger partial charge < -0.3 is 30.1 Å². The van der Waals surface area contributed by atoms with Gasteiger partial charge in [0.2, 0.25) is 0 Å². The third-order valence-electron chi connectivity index (χ3n) is 8.28. The van der Waals surface area contributed by atoms with Gasteiger partial charge in [0.25, 0.3) is 11.8 Å². The summed E-state index contributed by atoms with van der Waals surface area (Å²) in [5, 5.41) is 23.2. The average Bonchev–Trinajstić information content (AvgIpc) is 3.58. The molecule has 5 rings (SSSR count). The Labute approximate surface area is 292 Å². The molecular formula is C30H36B3N9O6S. The van der Waals surface area contributed by atoms with Gasteiger partial charge in [-0.25, -0.2) is 9.78 Å². The molecule has 0 unspecified atom stereocenters. The van der Waals surface area contributed by atoms with Crippen LogP contribution in [-0.4, -0.2) is 154 Å². The molecule has 4 heterocycles. The zero-order valence-electron chi connectivity index (χ0n) is 27.3. The third kappa shape index (κ3) is 9.09. The van der Waals surface area contributed by atoms with Crippen molar-refractivity contribution >= 4 is 70.0 Å². The molecule has 2 aliphatic rings. The van der Waals surface area contributed by atoms with Gasteiger partial charge in [-0.15, -0.1) is 21.5 Å². The van der Waals surface area contributed by atoms with Crippen LogP contribution in [0.15, 0.2) is 30.5 Å². The smallest absolute Gasteiger partial charge is 0.412 e. The van der Waals surface area contributed by atoms with Gasteiger partial charge >= 0.3 is 6.09 Å². The first-order chi connectivity index (χ1) is 23.5. The van der Waals surface area contributed by atoms with Crippen LogP contribution in [-0.2, 0) is 4.74 Å². The number of anilines is 3. The van der Waals surface area contributed by atoms with Crippen LogP contribution in [0.3, 0.4) is 0 Å². The summed E-state index contributed by atoms with van der Waals surface area (Å²) in [5.74, 6) is -0.557. The van der Waals surface area contributed by atoms with E-state index >= 15 is 0 Å². The average molecular weight is 683 g/mol. The van der Waals surface area contributed by atoms with Gasteiger partial charge in [0.05, 0.1) is 67.5 Å². The molecule has 0 atom stereocenters. The molecule has 3 aromatic rings. The molecule has 19 heteroatoms. The van der Waals surface area contributed by atoms with Gasteiger partial charge in [-0.05, 0) is 25.0 Å². The number of carbonyl (C=O) groups excluding carboxylic acids is 3. The van der Waals surface area contributed by atoms with Crippen molar-refractivity contribution < 1.29 is 29.0 Å². The molecule has 2 aromatic heterocycles. The molecule has 0 saturated carbocycles. The quantitative estimate of drug-likeness (QED) is 0.208. The molecule has 0 aliphatic carbocycles. The van der Waals surface area contributed by atoms with Crippen LogP contribution in [0.5, 0.6) is 5.75 Å². The molecule has 0 spiro atoms. The fourth-order valence-corrected chi connectivity index (χ4v) is 6.78. The van der Waals surface area contributed by atoms with Gasteiger partial charge in [0.1, 0.15) is 9.88 Å². The second-order valence-electron chi connectivity index (χ2n) is 11.7. The van der Waals surface area contributed by atoms with E-state index in [2.05, 4.69) is 45.7 Å². The molecule has 3 amide bonds. The number of piperidine rings is 1. The summed E-state index contributed by atoms with van der Waals surface area (Å²) in [6, 6.07) is 7.06. The second kappa shape index (κ2) is 16.0. The monoisotopic (exact) mass is 683 g/mol. The Hall–Kier alpha value is -4.19. The minimum absolute atomic E-state index is 0.0201. The van der Waals surface area contributed by atoms with Crippen molar-refractivity contribution in [2.24, 2.45) is 0 Å². The number of methoxy groups -OCH3 is 2. The van der Waals surface area contributed by atoms with Crippen molar-refractivity contribution in [3.05, 3.63) is 41.0 Å². The van der Waals surface area contributed by atoms with E-state index in [4.69, 9.17) is 28.3 Å². The van der Waals surface area contributed by atoms with Gasteiger partial charge in [-0.3, -0.25) is 24.7 Å². The fraction of sp³-hybridized carbons (Fsp3) is 0.467. The summed E-state index contributed by atoms with van der Waals surface area (Å²) in [6.45, 7) is 6.06. The normalized spacial score (nSPS) is 16.2. The van der Waals surface area contributed by atoms with E-state index in [1.54, 1.807) is 24.4 Å². The number of thiazole rings is 1. The summed E-state index contributed by atoms with van der Waals surface area (Å²) in [4.78, 5) is 50.0. The number of piperazine rings is 1. The number of likely N-dealkylation sites (tertiary alicyclic amines) is 1. The first kappa shape index (κ1) is 36.1. The Bertz CT molecular complexity index is 1640. The van der Waals surface area contributed by atoms with Gasteiger partial charge in [-0.1, -0.05) is 11.3 Å². The van der Waals surface area contributed by atoms with Crippen LogP contribution < -0.4 is 20.7 Å². The Morgan fingerprint density at radius 1 is 1.04 bits per heavy atom. The highest BCUT2D eigenvalue weighted by Crippen LogP contribution is 2.40. The van der Waals surface area contributed by atoms with Crippen molar-refractivity contribution in [3.63, 3.8) is 0 Å². The molecular weight excluding hydrogens is 647 g/mol. The highest BCUT2D eigenvalue weighted by molar-refractivity contribution is 7.17. The lowest BCUT2D eigenvalue weighted by atomic mass is 9.49. The van der Waals surface area contributed by atoms with Gasteiger partial charge in [0, 0.05) is 57.9 Å². The molecule has 2 fully saturated rings. The molecule has 252 valence electrons. The van der Waals surface area contributed by atoms with E-state index in [0.717, 1.165) is 39.0 Å². The highest BCUT2D eigenvalue weighted by Gasteiger charge is 2.30. The molecule has 4 N–H and O–H groups in total. The standard InChI is InChI=1S/C30H36B3N9O6S/c1-47-25-19(4-3-5-20(25)35-21-16-23(36-29(46)48-2)38-39-24(21)26(44)37-30(31,32)33)27-34-17-22(49-27)28(45)42-8-6-18(7-9-42)41-12-10-40(11-13-41)14-15-43/h3-5,16-18,43H,6-15H2,1-2H3,(H,37,44)(H2,35,36,38,46). The number of amides is 3. The summed E-state index contributed by atoms with van der Waals surface area (Å²) in [7, 11) is 19.3. The van der Waals surface area contributed by atoms with Crippen molar-refractivity contribution in [3.8, 4) is 16.3 Å². The molecule has 49 heavy (non-hydrogen) atoms. The predicted octanol–water partition coefficient (Wildman–Crippen LogP) is 0.592. The molecule has 2 aliphatic heterocycles. The van der Waals surface area contributed by atoms with E-state index in [1.165, 1.54) is 31.6 Å². The Morgan fingerprint density at radius 3 is 2.43 bits per heavy atom. The summed E-state index contributed by atoms with van der Waals surface area (Å²) in [5.41, 5.74) is 0.877. The number of nitrogens with one attached hydrogen (secondary N) is 3. The predicted molar refractivity (Wildman–Crippen MR) is 187 cm³/mol. The number of rotatable bonds is 11. The number of aromatic nitrogens is 3.